The number of amides is 1. The number of esters is 1. The molecule has 2 aromatic carbocycles. The Morgan fingerprint density at radius 3 is 2.36 bits per heavy atom. The summed E-state index contributed by atoms with van der Waals surface area (Å²) in [6.45, 7) is 1.41. The van der Waals surface area contributed by atoms with Crippen molar-refractivity contribution in [3.8, 4) is 5.75 Å². The molecule has 1 N–H and O–H groups in total. The Kier molecular flexibility index (Phi) is 6.67. The van der Waals surface area contributed by atoms with Crippen molar-refractivity contribution in [3.63, 3.8) is 0 Å². The fraction of sp³-hybridized carbons (Fsp3) is 0.222. The zero-order valence-electron chi connectivity index (χ0n) is 13.7. The van der Waals surface area contributed by atoms with Crippen LogP contribution in [0, 0.1) is 0 Å². The highest BCUT2D eigenvalue weighted by molar-refractivity contribution is 6.31. The van der Waals surface area contributed by atoms with Gasteiger partial charge >= 0.3 is 5.97 Å². The Balaban J connectivity index is 1.92. The maximum Gasteiger partial charge on any atom is 0.342 e. The first-order valence-electron chi connectivity index (χ1n) is 7.46. The number of ether oxygens (including phenoxy) is 2. The summed E-state index contributed by atoms with van der Waals surface area (Å²) in [6.07, 6.45) is 0. The number of halogens is 2. The van der Waals surface area contributed by atoms with Gasteiger partial charge in [-0.3, -0.25) is 4.79 Å². The van der Waals surface area contributed by atoms with Crippen molar-refractivity contribution in [3.05, 3.63) is 63.6 Å². The molecule has 7 heteroatoms. The minimum absolute atomic E-state index is 0.161. The van der Waals surface area contributed by atoms with Crippen LogP contribution in [0.4, 0.5) is 0 Å². The Morgan fingerprint density at radius 2 is 1.72 bits per heavy atom. The van der Waals surface area contributed by atoms with Crippen molar-refractivity contribution in [1.82, 2.24) is 5.32 Å². The van der Waals surface area contributed by atoms with Crippen molar-refractivity contribution in [2.45, 2.75) is 13.0 Å². The average molecular weight is 382 g/mol. The highest BCUT2D eigenvalue weighted by atomic mass is 35.5. The van der Waals surface area contributed by atoms with E-state index in [2.05, 4.69) is 5.32 Å². The Labute approximate surface area is 155 Å². The third kappa shape index (κ3) is 5.37. The lowest BCUT2D eigenvalue weighted by Gasteiger charge is -2.15. The molecule has 1 atom stereocenters. The predicted octanol–water partition coefficient (Wildman–Crippen LogP) is 4.04. The topological polar surface area (TPSA) is 64.6 Å². The van der Waals surface area contributed by atoms with E-state index in [9.17, 15) is 9.59 Å². The van der Waals surface area contributed by atoms with E-state index in [1.54, 1.807) is 24.3 Å². The van der Waals surface area contributed by atoms with Crippen LogP contribution < -0.4 is 10.1 Å². The van der Waals surface area contributed by atoms with Crippen molar-refractivity contribution < 1.29 is 19.1 Å². The number of nitrogens with one attached hydrogen (secondary N) is 1. The first-order chi connectivity index (χ1) is 11.9. The van der Waals surface area contributed by atoms with E-state index in [0.717, 1.165) is 5.56 Å². The summed E-state index contributed by atoms with van der Waals surface area (Å²) < 4.78 is 10.1. The number of hydrogen-bond donors (Lipinski definition) is 1. The van der Waals surface area contributed by atoms with E-state index >= 15 is 0 Å². The molecule has 0 spiro atoms. The Hall–Kier alpha value is -2.24. The van der Waals surface area contributed by atoms with E-state index in [0.29, 0.717) is 15.8 Å². The molecule has 0 saturated heterocycles. The van der Waals surface area contributed by atoms with E-state index in [4.69, 9.17) is 32.7 Å². The maximum atomic E-state index is 12.1. The van der Waals surface area contributed by atoms with Gasteiger partial charge in [0.25, 0.3) is 5.91 Å². The number of rotatable bonds is 6. The van der Waals surface area contributed by atoms with Gasteiger partial charge in [-0.05, 0) is 42.8 Å². The standard InChI is InChI=1S/C18H17Cl2NO4/c1-11(12-3-5-13(19)6-4-12)21-17(22)10-25-18(23)15-9-14(20)7-8-16(15)24-2/h3-9,11H,10H2,1-2H3,(H,21,22)/t11-/m1/s1. The van der Waals surface area contributed by atoms with E-state index in [-0.39, 0.29) is 11.6 Å². The number of benzene rings is 2. The van der Waals surface area contributed by atoms with E-state index in [1.807, 2.05) is 19.1 Å². The second kappa shape index (κ2) is 8.74. The number of carbonyl (C=O) groups is 2. The second-order valence-electron chi connectivity index (χ2n) is 5.26. The maximum absolute atomic E-state index is 12.1. The van der Waals surface area contributed by atoms with E-state index < -0.39 is 18.5 Å². The molecule has 0 aliphatic rings. The molecule has 25 heavy (non-hydrogen) atoms. The molecular formula is C18H17Cl2NO4. The quantitative estimate of drug-likeness (QED) is 0.766. The monoisotopic (exact) mass is 381 g/mol. The summed E-state index contributed by atoms with van der Waals surface area (Å²) >= 11 is 11.7. The lowest BCUT2D eigenvalue weighted by atomic mass is 10.1. The summed E-state index contributed by atoms with van der Waals surface area (Å²) in [5.41, 5.74) is 1.05. The van der Waals surface area contributed by atoms with Crippen LogP contribution in [-0.4, -0.2) is 25.6 Å². The van der Waals surface area contributed by atoms with Gasteiger partial charge in [-0.25, -0.2) is 4.79 Å². The van der Waals surface area contributed by atoms with Gasteiger partial charge in [0.15, 0.2) is 6.61 Å². The van der Waals surface area contributed by atoms with Gasteiger partial charge in [-0.1, -0.05) is 35.3 Å². The van der Waals surface area contributed by atoms with Crippen LogP contribution in [-0.2, 0) is 9.53 Å². The fourth-order valence-electron chi connectivity index (χ4n) is 2.17. The highest BCUT2D eigenvalue weighted by Gasteiger charge is 2.17. The molecule has 0 aromatic heterocycles. The second-order valence-corrected chi connectivity index (χ2v) is 6.13. The third-order valence-electron chi connectivity index (χ3n) is 3.46. The Morgan fingerprint density at radius 1 is 1.08 bits per heavy atom. The van der Waals surface area contributed by atoms with Gasteiger partial charge in [0.05, 0.1) is 13.2 Å². The van der Waals surface area contributed by atoms with Crippen molar-refractivity contribution >= 4 is 35.1 Å². The van der Waals surface area contributed by atoms with Crippen molar-refractivity contribution in [2.75, 3.05) is 13.7 Å². The number of hydrogen-bond acceptors (Lipinski definition) is 4. The highest BCUT2D eigenvalue weighted by Crippen LogP contribution is 2.23. The zero-order valence-corrected chi connectivity index (χ0v) is 15.2. The van der Waals surface area contributed by atoms with Crippen LogP contribution in [0.15, 0.2) is 42.5 Å². The van der Waals surface area contributed by atoms with Gasteiger partial charge in [0.1, 0.15) is 11.3 Å². The molecule has 0 aliphatic carbocycles. The van der Waals surface area contributed by atoms with Crippen LogP contribution in [0.5, 0.6) is 5.75 Å². The van der Waals surface area contributed by atoms with Crippen LogP contribution in [0.3, 0.4) is 0 Å². The molecule has 0 heterocycles. The normalized spacial score (nSPS) is 11.5. The molecule has 0 fully saturated rings. The van der Waals surface area contributed by atoms with Crippen LogP contribution in [0.2, 0.25) is 10.0 Å². The largest absolute Gasteiger partial charge is 0.496 e. The van der Waals surface area contributed by atoms with Crippen LogP contribution in [0.25, 0.3) is 0 Å². The average Bonchev–Trinajstić information content (AvgIpc) is 2.60. The summed E-state index contributed by atoms with van der Waals surface area (Å²) in [4.78, 5) is 24.1. The molecule has 1 amide bonds. The number of carbonyl (C=O) groups excluding carboxylic acids is 2. The minimum Gasteiger partial charge on any atom is -0.496 e. The summed E-state index contributed by atoms with van der Waals surface area (Å²) in [7, 11) is 1.43. The van der Waals surface area contributed by atoms with E-state index in [1.165, 1.54) is 13.2 Å². The van der Waals surface area contributed by atoms with Gasteiger partial charge in [0, 0.05) is 10.0 Å². The third-order valence-corrected chi connectivity index (χ3v) is 3.95. The minimum atomic E-state index is -0.686. The molecule has 0 radical (unpaired) electrons. The first-order valence-corrected chi connectivity index (χ1v) is 8.21. The van der Waals surface area contributed by atoms with Gasteiger partial charge in [-0.15, -0.1) is 0 Å². The molecule has 0 aliphatic heterocycles. The lowest BCUT2D eigenvalue weighted by Crippen LogP contribution is -2.31. The molecule has 0 saturated carbocycles. The SMILES string of the molecule is COc1ccc(Cl)cc1C(=O)OCC(=O)N[C@H](C)c1ccc(Cl)cc1. The zero-order chi connectivity index (χ0) is 18.4. The molecule has 2 aromatic rings. The lowest BCUT2D eigenvalue weighted by molar-refractivity contribution is -0.124. The molecule has 0 unspecified atom stereocenters. The van der Waals surface area contributed by atoms with Crippen molar-refractivity contribution in [2.24, 2.45) is 0 Å². The van der Waals surface area contributed by atoms with Crippen LogP contribution in [0.1, 0.15) is 28.9 Å². The molecule has 132 valence electrons. The molecule has 5 nitrogen and oxygen atoms in total. The fourth-order valence-corrected chi connectivity index (χ4v) is 2.46. The first kappa shape index (κ1) is 19.1. The van der Waals surface area contributed by atoms with Gasteiger partial charge in [0.2, 0.25) is 0 Å². The molecule has 2 rings (SSSR count). The van der Waals surface area contributed by atoms with Gasteiger partial charge in [-0.2, -0.15) is 0 Å². The van der Waals surface area contributed by atoms with Crippen LogP contribution >= 0.6 is 23.2 Å². The van der Waals surface area contributed by atoms with Gasteiger partial charge < -0.3 is 14.8 Å². The smallest absolute Gasteiger partial charge is 0.342 e. The molecule has 0 bridgehead atoms. The summed E-state index contributed by atoms with van der Waals surface area (Å²) in [6, 6.07) is 11.4. The molecular weight excluding hydrogens is 365 g/mol. The summed E-state index contributed by atoms with van der Waals surface area (Å²) in [5, 5.41) is 3.73. The number of methoxy groups -OCH3 is 1. The summed E-state index contributed by atoms with van der Waals surface area (Å²) in [5.74, 6) is -0.783. The predicted molar refractivity (Wildman–Crippen MR) is 96.3 cm³/mol. The Bertz CT molecular complexity index is 762. The van der Waals surface area contributed by atoms with Crippen molar-refractivity contribution in [1.29, 1.82) is 0 Å².